The van der Waals surface area contributed by atoms with Gasteiger partial charge in [-0.05, 0) is 36.6 Å². The number of benzene rings is 1. The van der Waals surface area contributed by atoms with Gasteiger partial charge in [0.2, 0.25) is 0 Å². The van der Waals surface area contributed by atoms with Gasteiger partial charge in [-0.2, -0.15) is 5.26 Å². The number of carbonyl (C=O) groups is 1. The number of hydrogen-bond acceptors (Lipinski definition) is 4. The molecule has 2 rings (SSSR count). The van der Waals surface area contributed by atoms with E-state index >= 15 is 0 Å². The highest BCUT2D eigenvalue weighted by molar-refractivity contribution is 5.73. The highest BCUT2D eigenvalue weighted by atomic mass is 16.5. The molecule has 0 saturated carbocycles. The molecule has 0 spiro atoms. The number of rotatable bonds is 2. The second-order valence-corrected chi connectivity index (χ2v) is 5.00. The number of methoxy groups -OCH3 is 1. The van der Waals surface area contributed by atoms with Crippen LogP contribution in [0.15, 0.2) is 24.3 Å². The van der Waals surface area contributed by atoms with Crippen LogP contribution in [0.25, 0.3) is 0 Å². The Balaban J connectivity index is 2.05. The van der Waals surface area contributed by atoms with Gasteiger partial charge in [0, 0.05) is 18.8 Å². The normalized spacial score (nSPS) is 22.7. The predicted molar refractivity (Wildman–Crippen MR) is 72.7 cm³/mol. The third-order valence-corrected chi connectivity index (χ3v) is 3.77. The van der Waals surface area contributed by atoms with Crippen molar-refractivity contribution in [3.05, 3.63) is 29.8 Å². The van der Waals surface area contributed by atoms with Crippen molar-refractivity contribution >= 4 is 11.7 Å². The van der Waals surface area contributed by atoms with Gasteiger partial charge in [-0.15, -0.1) is 0 Å². The molecule has 0 unspecified atom stereocenters. The lowest BCUT2D eigenvalue weighted by atomic mass is 9.86. The van der Waals surface area contributed by atoms with E-state index < -0.39 is 0 Å². The van der Waals surface area contributed by atoms with E-state index in [1.54, 1.807) is 0 Å². The summed E-state index contributed by atoms with van der Waals surface area (Å²) in [6, 6.07) is 9.69. The van der Waals surface area contributed by atoms with Crippen LogP contribution in [0.4, 0.5) is 5.69 Å². The molecule has 1 fully saturated rings. The SMILES string of the molecule is COC(=O)[C@H]1CCN(c2ccc(C#N)cc2)C[C@H]1C. The van der Waals surface area contributed by atoms with Gasteiger partial charge in [-0.1, -0.05) is 6.92 Å². The Morgan fingerprint density at radius 2 is 2.11 bits per heavy atom. The van der Waals surface area contributed by atoms with Crippen molar-refractivity contribution < 1.29 is 9.53 Å². The molecule has 2 atom stereocenters. The summed E-state index contributed by atoms with van der Waals surface area (Å²) in [6.45, 7) is 3.76. The Morgan fingerprint density at radius 3 is 2.63 bits per heavy atom. The summed E-state index contributed by atoms with van der Waals surface area (Å²) in [7, 11) is 1.45. The minimum absolute atomic E-state index is 0.000341. The van der Waals surface area contributed by atoms with E-state index in [0.29, 0.717) is 5.56 Å². The Kier molecular flexibility index (Phi) is 4.06. The highest BCUT2D eigenvalue weighted by Crippen LogP contribution is 2.28. The summed E-state index contributed by atoms with van der Waals surface area (Å²) in [5, 5.41) is 8.79. The third kappa shape index (κ3) is 2.87. The fourth-order valence-electron chi connectivity index (χ4n) is 2.63. The van der Waals surface area contributed by atoms with Crippen LogP contribution in [-0.4, -0.2) is 26.2 Å². The summed E-state index contributed by atoms with van der Waals surface area (Å²) in [6.07, 6.45) is 0.813. The van der Waals surface area contributed by atoms with Gasteiger partial charge in [-0.3, -0.25) is 4.79 Å². The number of hydrogen-bond donors (Lipinski definition) is 0. The monoisotopic (exact) mass is 258 g/mol. The first-order chi connectivity index (χ1) is 9.15. The number of nitriles is 1. The van der Waals surface area contributed by atoms with Gasteiger partial charge in [0.05, 0.1) is 24.7 Å². The maximum Gasteiger partial charge on any atom is 0.309 e. The van der Waals surface area contributed by atoms with Gasteiger partial charge in [0.25, 0.3) is 0 Å². The molecule has 1 aromatic rings. The molecule has 0 amide bonds. The van der Waals surface area contributed by atoms with E-state index in [0.717, 1.165) is 25.2 Å². The summed E-state index contributed by atoms with van der Waals surface area (Å²) in [4.78, 5) is 13.9. The van der Waals surface area contributed by atoms with Crippen molar-refractivity contribution in [2.45, 2.75) is 13.3 Å². The van der Waals surface area contributed by atoms with Crippen molar-refractivity contribution in [1.29, 1.82) is 5.26 Å². The van der Waals surface area contributed by atoms with Gasteiger partial charge in [0.15, 0.2) is 0 Å². The summed E-state index contributed by atoms with van der Waals surface area (Å²) < 4.78 is 4.84. The molecule has 100 valence electrons. The number of carbonyl (C=O) groups excluding carboxylic acids is 1. The molecule has 0 N–H and O–H groups in total. The Labute approximate surface area is 113 Å². The van der Waals surface area contributed by atoms with E-state index in [4.69, 9.17) is 10.00 Å². The first kappa shape index (κ1) is 13.4. The summed E-state index contributed by atoms with van der Waals surface area (Å²) in [5.41, 5.74) is 1.77. The van der Waals surface area contributed by atoms with Crippen molar-refractivity contribution in [3.63, 3.8) is 0 Å². The lowest BCUT2D eigenvalue weighted by Gasteiger charge is -2.37. The number of ether oxygens (including phenoxy) is 1. The molecule has 0 bridgehead atoms. The average molecular weight is 258 g/mol. The molecule has 0 aromatic heterocycles. The molecular formula is C15H18N2O2. The quantitative estimate of drug-likeness (QED) is 0.763. The van der Waals surface area contributed by atoms with Crippen LogP contribution in [0.3, 0.4) is 0 Å². The van der Waals surface area contributed by atoms with Crippen LogP contribution >= 0.6 is 0 Å². The maximum absolute atomic E-state index is 11.6. The fraction of sp³-hybridized carbons (Fsp3) is 0.467. The average Bonchev–Trinajstić information content (AvgIpc) is 2.46. The highest BCUT2D eigenvalue weighted by Gasteiger charge is 2.31. The zero-order valence-corrected chi connectivity index (χ0v) is 11.3. The molecule has 4 heteroatoms. The molecule has 1 heterocycles. The van der Waals surface area contributed by atoms with Crippen LogP contribution in [0.5, 0.6) is 0 Å². The molecule has 0 radical (unpaired) electrons. The van der Waals surface area contributed by atoms with Crippen molar-refractivity contribution in [3.8, 4) is 6.07 Å². The lowest BCUT2D eigenvalue weighted by Crippen LogP contribution is -2.42. The molecule has 19 heavy (non-hydrogen) atoms. The molecule has 1 aliphatic heterocycles. The van der Waals surface area contributed by atoms with Crippen LogP contribution in [-0.2, 0) is 9.53 Å². The van der Waals surface area contributed by atoms with Crippen molar-refractivity contribution in [2.24, 2.45) is 11.8 Å². The smallest absolute Gasteiger partial charge is 0.309 e. The molecule has 1 saturated heterocycles. The fourth-order valence-corrected chi connectivity index (χ4v) is 2.63. The van der Waals surface area contributed by atoms with Crippen LogP contribution in [0, 0.1) is 23.2 Å². The predicted octanol–water partition coefficient (Wildman–Crippen LogP) is 2.19. The van der Waals surface area contributed by atoms with Gasteiger partial charge in [0.1, 0.15) is 0 Å². The maximum atomic E-state index is 11.6. The number of nitrogens with zero attached hydrogens (tertiary/aromatic N) is 2. The molecule has 4 nitrogen and oxygen atoms in total. The minimum atomic E-state index is -0.105. The third-order valence-electron chi connectivity index (χ3n) is 3.77. The minimum Gasteiger partial charge on any atom is -0.469 e. The van der Waals surface area contributed by atoms with Gasteiger partial charge in [-0.25, -0.2) is 0 Å². The van der Waals surface area contributed by atoms with E-state index in [9.17, 15) is 4.79 Å². The first-order valence-corrected chi connectivity index (χ1v) is 6.48. The van der Waals surface area contributed by atoms with E-state index in [2.05, 4.69) is 17.9 Å². The first-order valence-electron chi connectivity index (χ1n) is 6.48. The van der Waals surface area contributed by atoms with Crippen molar-refractivity contribution in [2.75, 3.05) is 25.1 Å². The molecule has 0 aliphatic carbocycles. The largest absolute Gasteiger partial charge is 0.469 e. The molecule has 1 aromatic carbocycles. The Hall–Kier alpha value is -2.02. The van der Waals surface area contributed by atoms with Gasteiger partial charge < -0.3 is 9.64 Å². The number of piperidine rings is 1. The second kappa shape index (κ2) is 5.75. The standard InChI is InChI=1S/C15H18N2O2/c1-11-10-17(8-7-14(11)15(18)19-2)13-5-3-12(9-16)4-6-13/h3-6,11,14H,7-8,10H2,1-2H3/t11-,14+/m1/s1. The van der Waals surface area contributed by atoms with Crippen LogP contribution < -0.4 is 4.90 Å². The van der Waals surface area contributed by atoms with Gasteiger partial charge >= 0.3 is 5.97 Å². The van der Waals surface area contributed by atoms with E-state index in [-0.39, 0.29) is 17.8 Å². The van der Waals surface area contributed by atoms with E-state index in [1.807, 2.05) is 24.3 Å². The summed E-state index contributed by atoms with van der Waals surface area (Å²) in [5.74, 6) is 0.170. The Bertz CT molecular complexity index is 490. The van der Waals surface area contributed by atoms with Crippen LogP contribution in [0.2, 0.25) is 0 Å². The Morgan fingerprint density at radius 1 is 1.42 bits per heavy atom. The van der Waals surface area contributed by atoms with Crippen molar-refractivity contribution in [1.82, 2.24) is 0 Å². The zero-order valence-electron chi connectivity index (χ0n) is 11.3. The van der Waals surface area contributed by atoms with E-state index in [1.165, 1.54) is 7.11 Å². The second-order valence-electron chi connectivity index (χ2n) is 5.00. The number of anilines is 1. The topological polar surface area (TPSA) is 53.3 Å². The zero-order chi connectivity index (χ0) is 13.8. The summed E-state index contributed by atoms with van der Waals surface area (Å²) >= 11 is 0. The lowest BCUT2D eigenvalue weighted by molar-refractivity contribution is -0.147. The molecular weight excluding hydrogens is 240 g/mol. The van der Waals surface area contributed by atoms with Crippen LogP contribution in [0.1, 0.15) is 18.9 Å². The number of esters is 1. The molecule has 1 aliphatic rings.